The third kappa shape index (κ3) is 2.11. The number of imidazole rings is 1. The number of anilines is 1. The van der Waals surface area contributed by atoms with E-state index in [9.17, 15) is 0 Å². The number of nitrogens with zero attached hydrogens (tertiary/aromatic N) is 4. The van der Waals surface area contributed by atoms with Crippen molar-refractivity contribution >= 4 is 5.82 Å². The monoisotopic (exact) mass is 273 g/mol. The normalized spacial score (nSPS) is 15.2. The van der Waals surface area contributed by atoms with Crippen molar-refractivity contribution in [2.45, 2.75) is 46.1 Å². The molecule has 1 aliphatic rings. The van der Waals surface area contributed by atoms with Gasteiger partial charge in [0, 0.05) is 30.8 Å². The minimum absolute atomic E-state index is 0.562. The van der Waals surface area contributed by atoms with Crippen molar-refractivity contribution in [1.82, 2.24) is 19.3 Å². The molecule has 20 heavy (non-hydrogen) atoms. The van der Waals surface area contributed by atoms with Crippen LogP contribution >= 0.6 is 0 Å². The Kier molecular flexibility index (Phi) is 3.07. The molecule has 5 heteroatoms. The average molecular weight is 273 g/mol. The molecule has 1 saturated carbocycles. The average Bonchev–Trinajstić information content (AvgIpc) is 3.12. The Morgan fingerprint density at radius 3 is 2.60 bits per heavy atom. The minimum atomic E-state index is 0.562. The molecule has 1 fully saturated rings. The van der Waals surface area contributed by atoms with Crippen LogP contribution in [0.1, 0.15) is 44.1 Å². The second-order valence-corrected chi connectivity index (χ2v) is 6.25. The second kappa shape index (κ2) is 4.65. The molecule has 0 atom stereocenters. The molecule has 2 N–H and O–H groups in total. The van der Waals surface area contributed by atoms with E-state index in [4.69, 9.17) is 10.7 Å². The fourth-order valence-electron chi connectivity index (χ4n) is 2.62. The van der Waals surface area contributed by atoms with Gasteiger partial charge in [0.25, 0.3) is 0 Å². The summed E-state index contributed by atoms with van der Waals surface area (Å²) in [5, 5.41) is 4.31. The molecule has 5 nitrogen and oxygen atoms in total. The van der Waals surface area contributed by atoms with E-state index in [0.29, 0.717) is 11.8 Å². The molecule has 0 aromatic carbocycles. The highest BCUT2D eigenvalue weighted by Crippen LogP contribution is 2.42. The van der Waals surface area contributed by atoms with Crippen LogP contribution in [0, 0.1) is 12.8 Å². The first kappa shape index (κ1) is 13.2. The Labute approximate surface area is 119 Å². The van der Waals surface area contributed by atoms with Crippen LogP contribution in [-0.4, -0.2) is 19.3 Å². The summed E-state index contributed by atoms with van der Waals surface area (Å²) in [6, 6.07) is 0. The van der Waals surface area contributed by atoms with E-state index in [1.54, 1.807) is 0 Å². The predicted octanol–water partition coefficient (Wildman–Crippen LogP) is 2.71. The summed E-state index contributed by atoms with van der Waals surface area (Å²) in [5.74, 6) is 3.11. The molecular weight excluding hydrogens is 250 g/mol. The standard InChI is InChI=1S/C15H23N5/c1-9(2)8-20-14(16)13(18-15(20)11-5-6-11)12-7-17-19(4)10(12)3/h7,9,11H,5-6,8,16H2,1-4H3. The minimum Gasteiger partial charge on any atom is -0.383 e. The molecule has 1 aliphatic carbocycles. The number of nitrogen functional groups attached to an aromatic ring is 1. The summed E-state index contributed by atoms with van der Waals surface area (Å²) in [4.78, 5) is 4.85. The number of rotatable bonds is 4. The zero-order valence-corrected chi connectivity index (χ0v) is 12.7. The Bertz CT molecular complexity index is 631. The zero-order valence-electron chi connectivity index (χ0n) is 12.7. The van der Waals surface area contributed by atoms with E-state index in [2.05, 4.69) is 30.4 Å². The van der Waals surface area contributed by atoms with Gasteiger partial charge in [0.1, 0.15) is 17.3 Å². The smallest absolute Gasteiger partial charge is 0.131 e. The maximum atomic E-state index is 6.39. The first-order chi connectivity index (χ1) is 9.49. The summed E-state index contributed by atoms with van der Waals surface area (Å²) >= 11 is 0. The Morgan fingerprint density at radius 2 is 2.10 bits per heavy atom. The van der Waals surface area contributed by atoms with E-state index < -0.39 is 0 Å². The number of aryl methyl sites for hydroxylation is 1. The number of hydrogen-bond donors (Lipinski definition) is 1. The maximum Gasteiger partial charge on any atom is 0.131 e. The number of hydrogen-bond acceptors (Lipinski definition) is 3. The van der Waals surface area contributed by atoms with Gasteiger partial charge in [-0.05, 0) is 25.7 Å². The molecule has 0 aliphatic heterocycles. The number of nitrogens with two attached hydrogens (primary N) is 1. The summed E-state index contributed by atoms with van der Waals surface area (Å²) in [7, 11) is 1.95. The topological polar surface area (TPSA) is 61.7 Å². The van der Waals surface area contributed by atoms with Crippen molar-refractivity contribution in [3.8, 4) is 11.3 Å². The van der Waals surface area contributed by atoms with E-state index >= 15 is 0 Å². The lowest BCUT2D eigenvalue weighted by atomic mass is 10.2. The Hall–Kier alpha value is -1.78. The van der Waals surface area contributed by atoms with Crippen LogP contribution in [0.25, 0.3) is 11.3 Å². The van der Waals surface area contributed by atoms with Crippen molar-refractivity contribution in [2.24, 2.45) is 13.0 Å². The first-order valence-corrected chi connectivity index (χ1v) is 7.34. The van der Waals surface area contributed by atoms with Gasteiger partial charge in [0.15, 0.2) is 0 Å². The quantitative estimate of drug-likeness (QED) is 0.931. The zero-order chi connectivity index (χ0) is 14.4. The van der Waals surface area contributed by atoms with Gasteiger partial charge in [-0.3, -0.25) is 4.68 Å². The van der Waals surface area contributed by atoms with Crippen LogP contribution in [0.5, 0.6) is 0 Å². The molecule has 0 bridgehead atoms. The van der Waals surface area contributed by atoms with Gasteiger partial charge in [-0.15, -0.1) is 0 Å². The van der Waals surface area contributed by atoms with Crippen LogP contribution in [0.15, 0.2) is 6.20 Å². The Balaban J connectivity index is 2.10. The molecule has 0 saturated heterocycles. The molecule has 3 rings (SSSR count). The fraction of sp³-hybridized carbons (Fsp3) is 0.600. The van der Waals surface area contributed by atoms with Gasteiger partial charge < -0.3 is 10.3 Å². The predicted molar refractivity (Wildman–Crippen MR) is 80.4 cm³/mol. The van der Waals surface area contributed by atoms with Crippen molar-refractivity contribution in [2.75, 3.05) is 5.73 Å². The lowest BCUT2D eigenvalue weighted by Gasteiger charge is -2.11. The van der Waals surface area contributed by atoms with Crippen LogP contribution in [0.3, 0.4) is 0 Å². The molecule has 0 spiro atoms. The molecule has 2 aromatic rings. The molecule has 2 heterocycles. The molecule has 108 valence electrons. The van der Waals surface area contributed by atoms with Crippen LogP contribution in [0.2, 0.25) is 0 Å². The third-order valence-electron chi connectivity index (χ3n) is 4.02. The van der Waals surface area contributed by atoms with Crippen molar-refractivity contribution in [3.05, 3.63) is 17.7 Å². The van der Waals surface area contributed by atoms with Crippen LogP contribution in [-0.2, 0) is 13.6 Å². The van der Waals surface area contributed by atoms with Gasteiger partial charge in [0.2, 0.25) is 0 Å². The highest BCUT2D eigenvalue weighted by Gasteiger charge is 2.31. The van der Waals surface area contributed by atoms with Gasteiger partial charge in [-0.2, -0.15) is 5.10 Å². The third-order valence-corrected chi connectivity index (χ3v) is 4.02. The summed E-state index contributed by atoms with van der Waals surface area (Å²) in [6.07, 6.45) is 4.34. The second-order valence-electron chi connectivity index (χ2n) is 6.25. The van der Waals surface area contributed by atoms with Gasteiger partial charge >= 0.3 is 0 Å². The molecule has 0 radical (unpaired) electrons. The largest absolute Gasteiger partial charge is 0.383 e. The fourth-order valence-corrected chi connectivity index (χ4v) is 2.62. The molecular formula is C15H23N5. The van der Waals surface area contributed by atoms with E-state index in [1.807, 2.05) is 17.9 Å². The molecule has 0 unspecified atom stereocenters. The van der Waals surface area contributed by atoms with Crippen LogP contribution < -0.4 is 5.73 Å². The van der Waals surface area contributed by atoms with E-state index in [1.165, 1.54) is 12.8 Å². The summed E-state index contributed by atoms with van der Waals surface area (Å²) in [5.41, 5.74) is 9.45. The lowest BCUT2D eigenvalue weighted by Crippen LogP contribution is -2.11. The first-order valence-electron chi connectivity index (χ1n) is 7.34. The maximum absolute atomic E-state index is 6.39. The van der Waals surface area contributed by atoms with Gasteiger partial charge in [-0.1, -0.05) is 13.8 Å². The van der Waals surface area contributed by atoms with E-state index in [-0.39, 0.29) is 0 Å². The van der Waals surface area contributed by atoms with Gasteiger partial charge in [0.05, 0.1) is 6.20 Å². The van der Waals surface area contributed by atoms with Crippen molar-refractivity contribution in [1.29, 1.82) is 0 Å². The van der Waals surface area contributed by atoms with E-state index in [0.717, 1.165) is 35.1 Å². The Morgan fingerprint density at radius 1 is 1.40 bits per heavy atom. The lowest BCUT2D eigenvalue weighted by molar-refractivity contribution is 0.512. The van der Waals surface area contributed by atoms with Crippen molar-refractivity contribution in [3.63, 3.8) is 0 Å². The molecule has 0 amide bonds. The number of aromatic nitrogens is 4. The van der Waals surface area contributed by atoms with Gasteiger partial charge in [-0.25, -0.2) is 4.98 Å². The van der Waals surface area contributed by atoms with Crippen LogP contribution in [0.4, 0.5) is 5.82 Å². The highest BCUT2D eigenvalue weighted by molar-refractivity contribution is 5.72. The highest BCUT2D eigenvalue weighted by atomic mass is 15.3. The van der Waals surface area contributed by atoms with Crippen molar-refractivity contribution < 1.29 is 0 Å². The SMILES string of the molecule is Cc1c(-c2nc(C3CC3)n(CC(C)C)c2N)cnn1C. The molecule has 2 aromatic heterocycles. The summed E-state index contributed by atoms with van der Waals surface area (Å²) < 4.78 is 4.08. The summed E-state index contributed by atoms with van der Waals surface area (Å²) in [6.45, 7) is 7.42.